The minimum absolute atomic E-state index is 0.0543. The van der Waals surface area contributed by atoms with Crippen LogP contribution in [0.3, 0.4) is 0 Å². The third-order valence-electron chi connectivity index (χ3n) is 6.12. The topological polar surface area (TPSA) is 60.7 Å². The van der Waals surface area contributed by atoms with Gasteiger partial charge in [0.2, 0.25) is 5.91 Å². The molecule has 1 amide bonds. The van der Waals surface area contributed by atoms with Crippen LogP contribution < -0.4 is 14.8 Å². The molecule has 1 fully saturated rings. The standard InChI is InChI=1S/C26H29NO4/c1-16(13-24(28)27-18-9-5-6-10-18)20-14-21-22(19-11-7-8-12-23(19)29-3)15-31-26(21)17(2)25(20)30-4/h7-8,11-15,18H,5-6,9-10H2,1-4H3,(H,27,28)/b16-13+. The molecule has 2 aromatic carbocycles. The smallest absolute Gasteiger partial charge is 0.244 e. The Morgan fingerprint density at radius 1 is 1.13 bits per heavy atom. The number of furan rings is 1. The molecule has 1 saturated carbocycles. The minimum atomic E-state index is -0.0543. The van der Waals surface area contributed by atoms with E-state index in [0.29, 0.717) is 0 Å². The van der Waals surface area contributed by atoms with E-state index in [4.69, 9.17) is 13.9 Å². The number of methoxy groups -OCH3 is 2. The molecule has 0 unspecified atom stereocenters. The highest BCUT2D eigenvalue weighted by Crippen LogP contribution is 2.42. The van der Waals surface area contributed by atoms with E-state index in [1.165, 1.54) is 12.8 Å². The summed E-state index contributed by atoms with van der Waals surface area (Å²) >= 11 is 0. The number of ether oxygens (including phenoxy) is 2. The molecule has 0 radical (unpaired) electrons. The fourth-order valence-electron chi connectivity index (χ4n) is 4.53. The summed E-state index contributed by atoms with van der Waals surface area (Å²) in [7, 11) is 3.31. The van der Waals surface area contributed by atoms with Crippen LogP contribution in [0.1, 0.15) is 43.7 Å². The molecular formula is C26H29NO4. The van der Waals surface area contributed by atoms with E-state index in [1.807, 2.05) is 44.2 Å². The third-order valence-corrected chi connectivity index (χ3v) is 6.12. The first-order valence-electron chi connectivity index (χ1n) is 10.7. The maximum Gasteiger partial charge on any atom is 0.244 e. The van der Waals surface area contributed by atoms with Crippen LogP contribution in [0.25, 0.3) is 27.7 Å². The van der Waals surface area contributed by atoms with Crippen molar-refractivity contribution in [3.8, 4) is 22.6 Å². The molecule has 1 aliphatic rings. The van der Waals surface area contributed by atoms with Crippen LogP contribution in [0.2, 0.25) is 0 Å². The van der Waals surface area contributed by atoms with E-state index in [9.17, 15) is 4.79 Å². The molecule has 3 aromatic rings. The molecule has 5 heteroatoms. The summed E-state index contributed by atoms with van der Waals surface area (Å²) in [6.07, 6.45) is 7.91. The molecule has 0 aliphatic heterocycles. The summed E-state index contributed by atoms with van der Waals surface area (Å²) in [4.78, 5) is 12.6. The SMILES string of the molecule is COc1ccccc1-c1coc2c(C)c(OC)c(/C(C)=C/C(=O)NC3CCCC3)cc12. The van der Waals surface area contributed by atoms with Crippen molar-refractivity contribution in [1.29, 1.82) is 0 Å². The summed E-state index contributed by atoms with van der Waals surface area (Å²) in [5, 5.41) is 4.08. The third kappa shape index (κ3) is 4.05. The Labute approximate surface area is 183 Å². The van der Waals surface area contributed by atoms with Crippen LogP contribution in [0.15, 0.2) is 47.1 Å². The van der Waals surface area contributed by atoms with Gasteiger partial charge in [0.15, 0.2) is 0 Å². The largest absolute Gasteiger partial charge is 0.496 e. The van der Waals surface area contributed by atoms with Crippen LogP contribution in [-0.4, -0.2) is 26.2 Å². The molecule has 0 atom stereocenters. The van der Waals surface area contributed by atoms with Crippen molar-refractivity contribution >= 4 is 22.4 Å². The monoisotopic (exact) mass is 419 g/mol. The van der Waals surface area contributed by atoms with Gasteiger partial charge in [0.25, 0.3) is 0 Å². The zero-order valence-electron chi connectivity index (χ0n) is 18.6. The minimum Gasteiger partial charge on any atom is -0.496 e. The van der Waals surface area contributed by atoms with Crippen molar-refractivity contribution in [2.24, 2.45) is 0 Å². The van der Waals surface area contributed by atoms with Crippen molar-refractivity contribution < 1.29 is 18.7 Å². The van der Waals surface area contributed by atoms with Gasteiger partial charge < -0.3 is 19.2 Å². The van der Waals surface area contributed by atoms with Gasteiger partial charge in [-0.25, -0.2) is 0 Å². The Morgan fingerprint density at radius 3 is 2.58 bits per heavy atom. The van der Waals surface area contributed by atoms with E-state index in [2.05, 4.69) is 5.32 Å². The number of carbonyl (C=O) groups excluding carboxylic acids is 1. The van der Waals surface area contributed by atoms with Crippen molar-refractivity contribution in [2.45, 2.75) is 45.6 Å². The molecule has 162 valence electrons. The molecule has 5 nitrogen and oxygen atoms in total. The van der Waals surface area contributed by atoms with E-state index in [-0.39, 0.29) is 11.9 Å². The Morgan fingerprint density at radius 2 is 1.87 bits per heavy atom. The quantitative estimate of drug-likeness (QED) is 0.506. The van der Waals surface area contributed by atoms with E-state index in [1.54, 1.807) is 26.6 Å². The van der Waals surface area contributed by atoms with Crippen molar-refractivity contribution in [3.05, 3.63) is 53.8 Å². The summed E-state index contributed by atoms with van der Waals surface area (Å²) in [6.45, 7) is 3.92. The normalized spacial score (nSPS) is 14.8. The number of aryl methyl sites for hydroxylation is 1. The summed E-state index contributed by atoms with van der Waals surface area (Å²) in [6, 6.07) is 10.2. The highest BCUT2D eigenvalue weighted by atomic mass is 16.5. The number of fused-ring (bicyclic) bond motifs is 1. The summed E-state index contributed by atoms with van der Waals surface area (Å²) in [5.41, 5.74) is 5.31. The number of para-hydroxylation sites is 1. The lowest BCUT2D eigenvalue weighted by atomic mass is 9.96. The fourth-order valence-corrected chi connectivity index (χ4v) is 4.53. The predicted molar refractivity (Wildman–Crippen MR) is 124 cm³/mol. The highest BCUT2D eigenvalue weighted by Gasteiger charge is 2.21. The number of carbonyl (C=O) groups is 1. The Hall–Kier alpha value is -3.21. The molecule has 1 N–H and O–H groups in total. The average Bonchev–Trinajstić information content (AvgIpc) is 3.43. The maximum absolute atomic E-state index is 12.6. The zero-order chi connectivity index (χ0) is 22.0. The molecule has 1 heterocycles. The second-order valence-electron chi connectivity index (χ2n) is 8.13. The second kappa shape index (κ2) is 8.88. The van der Waals surface area contributed by atoms with Gasteiger partial charge in [0, 0.05) is 39.8 Å². The number of rotatable bonds is 6. The van der Waals surface area contributed by atoms with Gasteiger partial charge in [-0.15, -0.1) is 0 Å². The van der Waals surface area contributed by atoms with E-state index >= 15 is 0 Å². The molecule has 1 aromatic heterocycles. The van der Waals surface area contributed by atoms with Crippen LogP contribution in [0, 0.1) is 6.92 Å². The van der Waals surface area contributed by atoms with Gasteiger partial charge >= 0.3 is 0 Å². The average molecular weight is 420 g/mol. The molecular weight excluding hydrogens is 390 g/mol. The first-order chi connectivity index (χ1) is 15.0. The van der Waals surface area contributed by atoms with Gasteiger partial charge in [-0.3, -0.25) is 4.79 Å². The van der Waals surface area contributed by atoms with E-state index in [0.717, 1.165) is 63.1 Å². The van der Waals surface area contributed by atoms with Crippen molar-refractivity contribution in [1.82, 2.24) is 5.32 Å². The Balaban J connectivity index is 1.79. The van der Waals surface area contributed by atoms with Gasteiger partial charge in [-0.05, 0) is 44.4 Å². The molecule has 0 spiro atoms. The Kier molecular flexibility index (Phi) is 6.03. The van der Waals surface area contributed by atoms with E-state index < -0.39 is 0 Å². The Bertz CT molecular complexity index is 1140. The first kappa shape index (κ1) is 21.0. The number of nitrogens with one attached hydrogen (secondary N) is 1. The number of hydrogen-bond acceptors (Lipinski definition) is 4. The number of benzene rings is 2. The zero-order valence-corrected chi connectivity index (χ0v) is 18.6. The van der Waals surface area contributed by atoms with Crippen molar-refractivity contribution in [2.75, 3.05) is 14.2 Å². The van der Waals surface area contributed by atoms with Crippen molar-refractivity contribution in [3.63, 3.8) is 0 Å². The molecule has 1 aliphatic carbocycles. The molecule has 0 saturated heterocycles. The van der Waals surface area contributed by atoms with Crippen LogP contribution in [-0.2, 0) is 4.79 Å². The molecule has 0 bridgehead atoms. The van der Waals surface area contributed by atoms with Crippen LogP contribution >= 0.6 is 0 Å². The summed E-state index contributed by atoms with van der Waals surface area (Å²) in [5.74, 6) is 1.45. The van der Waals surface area contributed by atoms with Crippen LogP contribution in [0.4, 0.5) is 0 Å². The molecule has 4 rings (SSSR count). The first-order valence-corrected chi connectivity index (χ1v) is 10.7. The lowest BCUT2D eigenvalue weighted by Gasteiger charge is -2.14. The van der Waals surface area contributed by atoms with Gasteiger partial charge in [0.05, 0.1) is 20.5 Å². The fraction of sp³-hybridized carbons (Fsp3) is 0.346. The van der Waals surface area contributed by atoms with Crippen LogP contribution in [0.5, 0.6) is 11.5 Å². The lowest BCUT2D eigenvalue weighted by molar-refractivity contribution is -0.117. The second-order valence-corrected chi connectivity index (χ2v) is 8.13. The number of allylic oxidation sites excluding steroid dienone is 1. The summed E-state index contributed by atoms with van der Waals surface area (Å²) < 4.78 is 17.2. The maximum atomic E-state index is 12.6. The lowest BCUT2D eigenvalue weighted by Crippen LogP contribution is -2.31. The van der Waals surface area contributed by atoms with Gasteiger partial charge in [-0.2, -0.15) is 0 Å². The highest BCUT2D eigenvalue weighted by molar-refractivity contribution is 6.02. The molecule has 31 heavy (non-hydrogen) atoms. The predicted octanol–water partition coefficient (Wildman–Crippen LogP) is 5.89. The van der Waals surface area contributed by atoms with Gasteiger partial charge in [-0.1, -0.05) is 31.0 Å². The van der Waals surface area contributed by atoms with Gasteiger partial charge in [0.1, 0.15) is 17.1 Å². The number of hydrogen-bond donors (Lipinski definition) is 1. The number of amides is 1.